The van der Waals surface area contributed by atoms with Gasteiger partial charge in [0.05, 0.1) is 30.2 Å². The number of rotatable bonds is 6. The maximum atomic E-state index is 12.7. The summed E-state index contributed by atoms with van der Waals surface area (Å²) in [7, 11) is 0. The van der Waals surface area contributed by atoms with Crippen molar-refractivity contribution in [3.05, 3.63) is 71.8 Å². The Morgan fingerprint density at radius 3 is 2.39 bits per heavy atom. The van der Waals surface area contributed by atoms with Crippen LogP contribution < -0.4 is 5.73 Å². The molecule has 1 aliphatic heterocycles. The van der Waals surface area contributed by atoms with E-state index < -0.39 is 5.91 Å². The second-order valence-corrected chi connectivity index (χ2v) is 8.40. The first-order valence-electron chi connectivity index (χ1n) is 10.5. The number of aromatic nitrogens is 1. The molecule has 1 aromatic heterocycles. The van der Waals surface area contributed by atoms with Crippen molar-refractivity contribution in [1.82, 2.24) is 9.88 Å². The van der Waals surface area contributed by atoms with Crippen LogP contribution in [0, 0.1) is 11.3 Å². The van der Waals surface area contributed by atoms with Crippen molar-refractivity contribution in [2.75, 3.05) is 32.1 Å². The lowest BCUT2D eigenvalue weighted by atomic mass is 9.98. The lowest BCUT2D eigenvalue weighted by Gasteiger charge is -2.26. The largest absolute Gasteiger partial charge is 0.378 e. The molecule has 0 radical (unpaired) electrons. The number of nitrogens with zero attached hydrogens (tertiary/aromatic N) is 3. The van der Waals surface area contributed by atoms with Gasteiger partial charge in [-0.15, -0.1) is 0 Å². The number of ether oxygens (including phenoxy) is 1. The molecule has 3 aromatic rings. The number of nitrogens with two attached hydrogens (primary N) is 1. The van der Waals surface area contributed by atoms with Crippen LogP contribution in [0.2, 0.25) is 0 Å². The minimum atomic E-state index is -0.514. The number of nitriles is 1. The Labute approximate surface area is 196 Å². The molecule has 1 fully saturated rings. The number of amides is 2. The zero-order chi connectivity index (χ0) is 23.2. The number of carbonyl (C=O) groups is 2. The highest BCUT2D eigenvalue weighted by molar-refractivity contribution is 8.00. The van der Waals surface area contributed by atoms with Gasteiger partial charge in [-0.3, -0.25) is 9.59 Å². The smallest absolute Gasteiger partial charge is 0.248 e. The van der Waals surface area contributed by atoms with Gasteiger partial charge in [0.1, 0.15) is 11.1 Å². The van der Waals surface area contributed by atoms with Crippen LogP contribution in [0.5, 0.6) is 0 Å². The van der Waals surface area contributed by atoms with E-state index in [2.05, 4.69) is 6.07 Å². The molecule has 0 spiro atoms. The summed E-state index contributed by atoms with van der Waals surface area (Å²) >= 11 is 1.26. The van der Waals surface area contributed by atoms with Crippen molar-refractivity contribution in [3.8, 4) is 28.5 Å². The molecule has 2 aromatic carbocycles. The minimum absolute atomic E-state index is 0.00790. The molecule has 1 aliphatic rings. The van der Waals surface area contributed by atoms with Crippen LogP contribution in [0.3, 0.4) is 0 Å². The minimum Gasteiger partial charge on any atom is -0.378 e. The number of thioether (sulfide) groups is 1. The zero-order valence-electron chi connectivity index (χ0n) is 17.9. The summed E-state index contributed by atoms with van der Waals surface area (Å²) < 4.78 is 5.32. The summed E-state index contributed by atoms with van der Waals surface area (Å²) in [5.74, 6) is -0.342. The molecule has 0 aliphatic carbocycles. The third kappa shape index (κ3) is 5.22. The fourth-order valence-electron chi connectivity index (χ4n) is 3.57. The lowest BCUT2D eigenvalue weighted by Crippen LogP contribution is -2.41. The topological polar surface area (TPSA) is 109 Å². The molecule has 0 saturated carbocycles. The molecule has 8 heteroatoms. The van der Waals surface area contributed by atoms with Crippen molar-refractivity contribution in [2.45, 2.75) is 5.03 Å². The third-order valence-electron chi connectivity index (χ3n) is 5.34. The van der Waals surface area contributed by atoms with Crippen LogP contribution in [0.25, 0.3) is 22.4 Å². The van der Waals surface area contributed by atoms with E-state index >= 15 is 0 Å². The number of hydrogen-bond acceptors (Lipinski definition) is 6. The second-order valence-electron chi connectivity index (χ2n) is 7.44. The van der Waals surface area contributed by atoms with E-state index in [1.54, 1.807) is 29.2 Å². The highest BCUT2D eigenvalue weighted by atomic mass is 32.2. The van der Waals surface area contributed by atoms with E-state index in [4.69, 9.17) is 15.5 Å². The molecule has 4 rings (SSSR count). The van der Waals surface area contributed by atoms with Gasteiger partial charge < -0.3 is 15.4 Å². The molecule has 33 heavy (non-hydrogen) atoms. The van der Waals surface area contributed by atoms with Crippen molar-refractivity contribution in [2.24, 2.45) is 5.73 Å². The van der Waals surface area contributed by atoms with Crippen LogP contribution in [0.4, 0.5) is 0 Å². The predicted molar refractivity (Wildman–Crippen MR) is 126 cm³/mol. The van der Waals surface area contributed by atoms with E-state index in [-0.39, 0.29) is 11.7 Å². The Morgan fingerprint density at radius 1 is 1.06 bits per heavy atom. The maximum absolute atomic E-state index is 12.7. The first-order valence-corrected chi connectivity index (χ1v) is 11.4. The van der Waals surface area contributed by atoms with Gasteiger partial charge in [-0.2, -0.15) is 5.26 Å². The highest BCUT2D eigenvalue weighted by Gasteiger charge is 2.20. The van der Waals surface area contributed by atoms with E-state index in [1.165, 1.54) is 11.8 Å². The molecule has 2 amide bonds. The van der Waals surface area contributed by atoms with E-state index in [0.29, 0.717) is 53.7 Å². The fourth-order valence-corrected chi connectivity index (χ4v) is 4.47. The average Bonchev–Trinajstić information content (AvgIpc) is 2.87. The van der Waals surface area contributed by atoms with Gasteiger partial charge in [-0.1, -0.05) is 54.2 Å². The molecule has 7 nitrogen and oxygen atoms in total. The summed E-state index contributed by atoms with van der Waals surface area (Å²) in [5.41, 5.74) is 9.19. The summed E-state index contributed by atoms with van der Waals surface area (Å²) in [6, 6.07) is 20.6. The van der Waals surface area contributed by atoms with E-state index in [0.717, 1.165) is 11.1 Å². The molecule has 0 unspecified atom stereocenters. The fraction of sp³-hybridized carbons (Fsp3) is 0.200. The van der Waals surface area contributed by atoms with E-state index in [1.807, 2.05) is 36.4 Å². The molecular weight excluding hydrogens is 436 g/mol. The number of primary amides is 1. The second kappa shape index (κ2) is 10.3. The molecule has 2 heterocycles. The molecular formula is C25H22N4O3S. The molecule has 1 saturated heterocycles. The van der Waals surface area contributed by atoms with Crippen molar-refractivity contribution in [1.29, 1.82) is 5.26 Å². The van der Waals surface area contributed by atoms with Crippen LogP contribution in [0.15, 0.2) is 65.7 Å². The first kappa shape index (κ1) is 22.5. The number of carbonyl (C=O) groups excluding carboxylic acids is 2. The molecule has 0 atom stereocenters. The molecule has 0 bridgehead atoms. The summed E-state index contributed by atoms with van der Waals surface area (Å²) in [5, 5.41) is 10.5. The number of hydrogen-bond donors (Lipinski definition) is 1. The SMILES string of the molecule is N#Cc1c(-c2ccc(C(N)=O)cc2)cc(-c2ccccc2)nc1SCC(=O)N1CCOCC1. The van der Waals surface area contributed by atoms with Crippen LogP contribution in [-0.2, 0) is 9.53 Å². The average molecular weight is 459 g/mol. The number of pyridine rings is 1. The van der Waals surface area contributed by atoms with Crippen molar-refractivity contribution in [3.63, 3.8) is 0 Å². The van der Waals surface area contributed by atoms with Gasteiger partial charge in [-0.05, 0) is 23.8 Å². The van der Waals surface area contributed by atoms with Crippen LogP contribution in [-0.4, -0.2) is 53.8 Å². The van der Waals surface area contributed by atoms with Crippen molar-refractivity contribution < 1.29 is 14.3 Å². The van der Waals surface area contributed by atoms with Crippen molar-refractivity contribution >= 4 is 23.6 Å². The lowest BCUT2D eigenvalue weighted by molar-refractivity contribution is -0.132. The van der Waals surface area contributed by atoms with Gasteiger partial charge >= 0.3 is 0 Å². The quantitative estimate of drug-likeness (QED) is 0.568. The normalized spacial score (nSPS) is 13.4. The Kier molecular flexibility index (Phi) is 7.03. The Bertz CT molecular complexity index is 1200. The summed E-state index contributed by atoms with van der Waals surface area (Å²) in [4.78, 5) is 30.6. The Balaban J connectivity index is 1.72. The van der Waals surface area contributed by atoms with Crippen LogP contribution >= 0.6 is 11.8 Å². The Morgan fingerprint density at radius 2 is 1.76 bits per heavy atom. The number of morpholine rings is 1. The van der Waals surface area contributed by atoms with Gasteiger partial charge in [0.15, 0.2) is 0 Å². The third-order valence-corrected chi connectivity index (χ3v) is 6.30. The predicted octanol–water partition coefficient (Wildman–Crippen LogP) is 3.34. The maximum Gasteiger partial charge on any atom is 0.248 e. The van der Waals surface area contributed by atoms with Gasteiger partial charge in [-0.25, -0.2) is 4.98 Å². The standard InChI is InChI=1S/C25H22N4O3S/c26-15-21-20(17-6-8-19(9-7-17)24(27)31)14-22(18-4-2-1-3-5-18)28-25(21)33-16-23(30)29-10-12-32-13-11-29/h1-9,14H,10-13,16H2,(H2,27,31). The monoisotopic (exact) mass is 458 g/mol. The van der Waals surface area contributed by atoms with Gasteiger partial charge in [0.25, 0.3) is 0 Å². The molecule has 166 valence electrons. The number of benzene rings is 2. The van der Waals surface area contributed by atoms with Gasteiger partial charge in [0.2, 0.25) is 11.8 Å². The highest BCUT2D eigenvalue weighted by Crippen LogP contribution is 2.34. The van der Waals surface area contributed by atoms with E-state index in [9.17, 15) is 14.9 Å². The molecule has 2 N–H and O–H groups in total. The zero-order valence-corrected chi connectivity index (χ0v) is 18.7. The van der Waals surface area contributed by atoms with Gasteiger partial charge in [0, 0.05) is 29.8 Å². The summed E-state index contributed by atoms with van der Waals surface area (Å²) in [6.07, 6.45) is 0. The summed E-state index contributed by atoms with van der Waals surface area (Å²) in [6.45, 7) is 2.21. The first-order chi connectivity index (χ1) is 16.1. The Hall–Kier alpha value is -3.67. The van der Waals surface area contributed by atoms with Crippen LogP contribution in [0.1, 0.15) is 15.9 Å².